The lowest BCUT2D eigenvalue weighted by Gasteiger charge is -2.49. The third-order valence-corrected chi connectivity index (χ3v) is 4.91. The Morgan fingerprint density at radius 1 is 1.41 bits per heavy atom. The Morgan fingerprint density at radius 2 is 2.14 bits per heavy atom. The summed E-state index contributed by atoms with van der Waals surface area (Å²) >= 11 is 0. The fraction of sp³-hybridized carbons (Fsp3) is 0.684. The molecular weight excluding hydrogens is 271 g/mol. The van der Waals surface area contributed by atoms with Gasteiger partial charge in [0.05, 0.1) is 25.2 Å². The van der Waals surface area contributed by atoms with E-state index in [9.17, 15) is 0 Å². The molecule has 0 spiro atoms. The average Bonchev–Trinajstić information content (AvgIpc) is 2.34. The third kappa shape index (κ3) is 4.21. The van der Waals surface area contributed by atoms with E-state index in [2.05, 4.69) is 46.3 Å². The second kappa shape index (κ2) is 6.56. The van der Waals surface area contributed by atoms with Crippen LogP contribution in [0, 0.1) is 10.8 Å². The molecule has 0 aromatic rings. The van der Waals surface area contributed by atoms with Gasteiger partial charge >= 0.3 is 0 Å². The van der Waals surface area contributed by atoms with E-state index in [-0.39, 0.29) is 5.41 Å². The summed E-state index contributed by atoms with van der Waals surface area (Å²) in [6, 6.07) is 0. The maximum Gasteiger partial charge on any atom is 0.172 e. The molecule has 1 aliphatic heterocycles. The van der Waals surface area contributed by atoms with E-state index < -0.39 is 0 Å². The summed E-state index contributed by atoms with van der Waals surface area (Å²) in [5, 5.41) is 0. The van der Waals surface area contributed by atoms with Gasteiger partial charge in [-0.3, -0.25) is 0 Å². The minimum Gasteiger partial charge on any atom is -0.501 e. The van der Waals surface area contributed by atoms with Gasteiger partial charge in [-0.1, -0.05) is 44.6 Å². The summed E-state index contributed by atoms with van der Waals surface area (Å²) < 4.78 is 11.4. The van der Waals surface area contributed by atoms with Crippen LogP contribution in [0.3, 0.4) is 0 Å². The number of hydrogen-bond donors (Lipinski definition) is 0. The van der Waals surface area contributed by atoms with Crippen LogP contribution in [0.25, 0.3) is 0 Å². The number of fused-ring (bicyclic) bond motifs is 2. The molecule has 0 amide bonds. The van der Waals surface area contributed by atoms with Crippen molar-refractivity contribution in [3.05, 3.63) is 35.7 Å². The molecule has 2 nitrogen and oxygen atoms in total. The molecule has 22 heavy (non-hydrogen) atoms. The first-order valence-corrected chi connectivity index (χ1v) is 8.51. The molecular formula is C19H31BO2. The van der Waals surface area contributed by atoms with Gasteiger partial charge < -0.3 is 9.47 Å². The lowest BCUT2D eigenvalue weighted by atomic mass is 9.31. The van der Waals surface area contributed by atoms with E-state index in [1.54, 1.807) is 7.11 Å². The second-order valence-electron chi connectivity index (χ2n) is 8.00. The number of methoxy groups -OCH3 is 1. The first-order valence-electron chi connectivity index (χ1n) is 8.51. The normalized spacial score (nSPS) is 31.6. The van der Waals surface area contributed by atoms with Gasteiger partial charge in [-0.15, -0.1) is 0 Å². The molecule has 2 aliphatic rings. The predicted molar refractivity (Wildman–Crippen MR) is 95.0 cm³/mol. The van der Waals surface area contributed by atoms with Gasteiger partial charge in [-0.05, 0) is 37.2 Å². The highest BCUT2D eigenvalue weighted by Crippen LogP contribution is 2.55. The van der Waals surface area contributed by atoms with Crippen molar-refractivity contribution in [3.8, 4) is 0 Å². The lowest BCUT2D eigenvalue weighted by molar-refractivity contribution is 0.139. The van der Waals surface area contributed by atoms with Crippen LogP contribution >= 0.6 is 0 Å². The monoisotopic (exact) mass is 302 g/mol. The van der Waals surface area contributed by atoms with Crippen LogP contribution in [0.5, 0.6) is 0 Å². The zero-order valence-electron chi connectivity index (χ0n) is 15.0. The maximum absolute atomic E-state index is 5.85. The van der Waals surface area contributed by atoms with Crippen molar-refractivity contribution in [2.45, 2.75) is 59.6 Å². The Balaban J connectivity index is 2.21. The van der Waals surface area contributed by atoms with Crippen LogP contribution in [-0.4, -0.2) is 20.4 Å². The second-order valence-corrected chi connectivity index (χ2v) is 8.00. The zero-order chi connectivity index (χ0) is 16.4. The van der Waals surface area contributed by atoms with Gasteiger partial charge in [0.2, 0.25) is 0 Å². The quantitative estimate of drug-likeness (QED) is 0.378. The van der Waals surface area contributed by atoms with Crippen LogP contribution < -0.4 is 0 Å². The van der Waals surface area contributed by atoms with Crippen molar-refractivity contribution in [2.75, 3.05) is 13.7 Å². The molecule has 1 heterocycles. The summed E-state index contributed by atoms with van der Waals surface area (Å²) in [5.74, 6) is 4.65. The molecule has 1 aliphatic carbocycles. The van der Waals surface area contributed by atoms with Crippen molar-refractivity contribution in [3.63, 3.8) is 0 Å². The predicted octanol–water partition coefficient (Wildman–Crippen LogP) is 5.26. The first kappa shape index (κ1) is 17.2. The Morgan fingerprint density at radius 3 is 2.68 bits per heavy atom. The molecule has 2 atom stereocenters. The summed E-state index contributed by atoms with van der Waals surface area (Å²) in [6.07, 6.45) is 7.96. The van der Waals surface area contributed by atoms with E-state index in [0.717, 1.165) is 30.8 Å². The number of ether oxygens (including phenoxy) is 2. The van der Waals surface area contributed by atoms with E-state index >= 15 is 0 Å². The average molecular weight is 302 g/mol. The highest BCUT2D eigenvalue weighted by molar-refractivity contribution is 6.65. The third-order valence-electron chi connectivity index (χ3n) is 4.91. The SMILES string of the molecule is C=C(C)C/C(=C\B1CC2(C)C=C(OC)CC(C)(C1)C2)OCC. The zero-order valence-corrected chi connectivity index (χ0v) is 15.0. The minimum atomic E-state index is 0.248. The molecule has 0 radical (unpaired) electrons. The molecule has 0 aromatic heterocycles. The van der Waals surface area contributed by atoms with Crippen LogP contribution in [0.2, 0.25) is 12.6 Å². The molecule has 2 bridgehead atoms. The molecule has 0 saturated carbocycles. The molecule has 0 N–H and O–H groups in total. The fourth-order valence-electron chi connectivity index (χ4n) is 4.68. The molecule has 122 valence electrons. The topological polar surface area (TPSA) is 18.5 Å². The van der Waals surface area contributed by atoms with Gasteiger partial charge in [0.1, 0.15) is 0 Å². The molecule has 1 saturated heterocycles. The lowest BCUT2D eigenvalue weighted by Crippen LogP contribution is -2.42. The fourth-order valence-corrected chi connectivity index (χ4v) is 4.68. The van der Waals surface area contributed by atoms with E-state index in [1.807, 2.05) is 0 Å². The van der Waals surface area contributed by atoms with Crippen LogP contribution in [0.4, 0.5) is 0 Å². The first-order chi connectivity index (χ1) is 10.3. The van der Waals surface area contributed by atoms with Gasteiger partial charge in [-0.25, -0.2) is 0 Å². The Hall–Kier alpha value is -1.12. The van der Waals surface area contributed by atoms with Gasteiger partial charge in [-0.2, -0.15) is 0 Å². The summed E-state index contributed by atoms with van der Waals surface area (Å²) in [6.45, 7) is 14.3. The van der Waals surface area contributed by atoms with Crippen LogP contribution in [-0.2, 0) is 9.47 Å². The minimum absolute atomic E-state index is 0.248. The Kier molecular flexibility index (Phi) is 5.14. The van der Waals surface area contributed by atoms with Crippen LogP contribution in [0.15, 0.2) is 35.7 Å². The van der Waals surface area contributed by atoms with Gasteiger partial charge in [0, 0.05) is 12.8 Å². The summed E-state index contributed by atoms with van der Waals surface area (Å²) in [7, 11) is 1.80. The van der Waals surface area contributed by atoms with Crippen molar-refractivity contribution >= 4 is 6.71 Å². The van der Waals surface area contributed by atoms with Crippen molar-refractivity contribution in [1.82, 2.24) is 0 Å². The Bertz CT molecular complexity index is 494. The highest BCUT2D eigenvalue weighted by Gasteiger charge is 2.47. The molecule has 1 fully saturated rings. The van der Waals surface area contributed by atoms with E-state index in [0.29, 0.717) is 12.1 Å². The van der Waals surface area contributed by atoms with Gasteiger partial charge in [0.25, 0.3) is 0 Å². The number of rotatable bonds is 6. The maximum atomic E-state index is 5.85. The number of hydrogen-bond acceptors (Lipinski definition) is 2. The summed E-state index contributed by atoms with van der Waals surface area (Å²) in [4.78, 5) is 0. The van der Waals surface area contributed by atoms with Gasteiger partial charge in [0.15, 0.2) is 6.71 Å². The van der Waals surface area contributed by atoms with Crippen molar-refractivity contribution in [2.24, 2.45) is 10.8 Å². The molecule has 0 aromatic carbocycles. The van der Waals surface area contributed by atoms with E-state index in [1.165, 1.54) is 24.8 Å². The van der Waals surface area contributed by atoms with E-state index in [4.69, 9.17) is 9.47 Å². The standard InChI is InChI=1S/C19H31BO2/c1-7-22-16(8-15(2)3)11-20-13-18(4)9-17(21-6)10-19(5,12-18)14-20/h9,11H,2,7-8,10,12-14H2,1,3-6H3/b16-11+. The number of allylic oxidation sites excluding steroid dienone is 3. The highest BCUT2D eigenvalue weighted by atomic mass is 16.5. The Labute approximate surface area is 136 Å². The largest absolute Gasteiger partial charge is 0.501 e. The molecule has 3 heteroatoms. The van der Waals surface area contributed by atoms with Crippen molar-refractivity contribution < 1.29 is 9.47 Å². The molecule has 2 unspecified atom stereocenters. The van der Waals surface area contributed by atoms with Crippen molar-refractivity contribution in [1.29, 1.82) is 0 Å². The summed E-state index contributed by atoms with van der Waals surface area (Å²) in [5.41, 5.74) is 1.75. The smallest absolute Gasteiger partial charge is 0.172 e. The van der Waals surface area contributed by atoms with Crippen LogP contribution in [0.1, 0.15) is 47.0 Å². The molecule has 2 rings (SSSR count).